The molecule has 1 atom stereocenters. The van der Waals surface area contributed by atoms with Gasteiger partial charge in [-0.05, 0) is 44.0 Å². The van der Waals surface area contributed by atoms with Crippen LogP contribution in [-0.2, 0) is 11.0 Å². The maximum atomic E-state index is 12.7. The predicted octanol–water partition coefficient (Wildman–Crippen LogP) is 3.37. The van der Waals surface area contributed by atoms with Gasteiger partial charge in [-0.1, -0.05) is 6.07 Å². The molecule has 1 aromatic rings. The van der Waals surface area contributed by atoms with E-state index in [-0.39, 0.29) is 29.9 Å². The number of carbonyl (C=O) groups excluding carboxylic acids is 1. The van der Waals surface area contributed by atoms with Crippen LogP contribution < -0.4 is 10.6 Å². The number of piperidine rings is 1. The van der Waals surface area contributed by atoms with Crippen LogP contribution in [0.3, 0.4) is 0 Å². The fraction of sp³-hybridized carbons (Fsp3) is 0.500. The van der Waals surface area contributed by atoms with Crippen molar-refractivity contribution < 1.29 is 18.0 Å². The van der Waals surface area contributed by atoms with Crippen LogP contribution in [0.25, 0.3) is 0 Å². The lowest BCUT2D eigenvalue weighted by Crippen LogP contribution is -2.37. The van der Waals surface area contributed by atoms with Crippen molar-refractivity contribution in [2.24, 2.45) is 5.92 Å². The molecule has 0 saturated carbocycles. The van der Waals surface area contributed by atoms with Gasteiger partial charge in [0.25, 0.3) is 0 Å². The van der Waals surface area contributed by atoms with Gasteiger partial charge >= 0.3 is 6.18 Å². The summed E-state index contributed by atoms with van der Waals surface area (Å²) in [7, 11) is 0. The minimum atomic E-state index is -4.40. The first-order valence-electron chi connectivity index (χ1n) is 6.57. The number of nitrogens with one attached hydrogen (secondary N) is 2. The molecule has 1 saturated heterocycles. The third kappa shape index (κ3) is 4.61. The summed E-state index contributed by atoms with van der Waals surface area (Å²) < 4.78 is 38.0. The zero-order chi connectivity index (χ0) is 14.8. The Morgan fingerprint density at radius 3 is 2.67 bits per heavy atom. The first-order valence-corrected chi connectivity index (χ1v) is 6.57. The summed E-state index contributed by atoms with van der Waals surface area (Å²) in [6, 6.07) is 3.38. The van der Waals surface area contributed by atoms with E-state index in [1.54, 1.807) is 6.92 Å². The van der Waals surface area contributed by atoms with E-state index < -0.39 is 11.7 Å². The molecule has 0 spiro atoms. The normalized spacial score (nSPS) is 18.8. The van der Waals surface area contributed by atoms with Gasteiger partial charge in [-0.15, -0.1) is 12.4 Å². The fourth-order valence-electron chi connectivity index (χ4n) is 2.24. The second-order valence-electron chi connectivity index (χ2n) is 5.06. The quantitative estimate of drug-likeness (QED) is 0.876. The lowest BCUT2D eigenvalue weighted by Gasteiger charge is -2.22. The van der Waals surface area contributed by atoms with Gasteiger partial charge in [-0.3, -0.25) is 4.79 Å². The number of amides is 1. The molecule has 0 aliphatic carbocycles. The Morgan fingerprint density at radius 1 is 1.38 bits per heavy atom. The summed E-state index contributed by atoms with van der Waals surface area (Å²) >= 11 is 0. The summed E-state index contributed by atoms with van der Waals surface area (Å²) in [5, 5.41) is 5.72. The topological polar surface area (TPSA) is 41.1 Å². The zero-order valence-corrected chi connectivity index (χ0v) is 12.4. The third-order valence-electron chi connectivity index (χ3n) is 3.49. The molecule has 2 rings (SSSR count). The Labute approximate surface area is 127 Å². The molecule has 2 N–H and O–H groups in total. The molecule has 1 unspecified atom stereocenters. The molecule has 1 aliphatic heterocycles. The van der Waals surface area contributed by atoms with Crippen LogP contribution in [0.15, 0.2) is 18.2 Å². The SMILES string of the molecule is Cc1ccc(C(F)(F)F)cc1NC(=O)C1CCCNC1.Cl. The minimum Gasteiger partial charge on any atom is -0.326 e. The first kappa shape index (κ1) is 17.8. The summed E-state index contributed by atoms with van der Waals surface area (Å²) in [5.41, 5.74) is 0.102. The first-order chi connectivity index (χ1) is 9.38. The molecule has 0 bridgehead atoms. The molecule has 1 aliphatic rings. The summed E-state index contributed by atoms with van der Waals surface area (Å²) in [5.74, 6) is -0.405. The molecule has 7 heteroatoms. The Bertz CT molecular complexity index is 499. The number of hydrogen-bond donors (Lipinski definition) is 2. The predicted molar refractivity (Wildman–Crippen MR) is 77.7 cm³/mol. The number of benzene rings is 1. The van der Waals surface area contributed by atoms with Gasteiger partial charge in [0.15, 0.2) is 0 Å². The van der Waals surface area contributed by atoms with Crippen LogP contribution in [0.2, 0.25) is 0 Å². The van der Waals surface area contributed by atoms with Crippen LogP contribution >= 0.6 is 12.4 Å². The van der Waals surface area contributed by atoms with E-state index in [0.29, 0.717) is 12.1 Å². The van der Waals surface area contributed by atoms with Gasteiger partial charge in [0.2, 0.25) is 5.91 Å². The van der Waals surface area contributed by atoms with Crippen molar-refractivity contribution in [3.05, 3.63) is 29.3 Å². The molecule has 1 fully saturated rings. The number of alkyl halides is 3. The van der Waals surface area contributed by atoms with Crippen molar-refractivity contribution >= 4 is 24.0 Å². The van der Waals surface area contributed by atoms with Gasteiger partial charge in [0.05, 0.1) is 11.5 Å². The molecule has 0 aromatic heterocycles. The van der Waals surface area contributed by atoms with Crippen LogP contribution in [0.5, 0.6) is 0 Å². The van der Waals surface area contributed by atoms with E-state index in [4.69, 9.17) is 0 Å². The zero-order valence-electron chi connectivity index (χ0n) is 11.6. The fourth-order valence-corrected chi connectivity index (χ4v) is 2.24. The van der Waals surface area contributed by atoms with E-state index in [9.17, 15) is 18.0 Å². The third-order valence-corrected chi connectivity index (χ3v) is 3.49. The minimum absolute atomic E-state index is 0. The van der Waals surface area contributed by atoms with Crippen molar-refractivity contribution in [2.45, 2.75) is 25.9 Å². The van der Waals surface area contributed by atoms with E-state index in [2.05, 4.69) is 10.6 Å². The number of rotatable bonds is 2. The number of anilines is 1. The maximum Gasteiger partial charge on any atom is 0.416 e. The number of aryl methyl sites for hydroxylation is 1. The van der Waals surface area contributed by atoms with Crippen molar-refractivity contribution in [1.82, 2.24) is 5.32 Å². The van der Waals surface area contributed by atoms with Crippen molar-refractivity contribution in [3.8, 4) is 0 Å². The molecular weight excluding hydrogens is 305 g/mol. The van der Waals surface area contributed by atoms with Gasteiger partial charge in [0, 0.05) is 12.2 Å². The second-order valence-corrected chi connectivity index (χ2v) is 5.06. The number of carbonyl (C=O) groups is 1. The average Bonchev–Trinajstić information content (AvgIpc) is 2.41. The number of hydrogen-bond acceptors (Lipinski definition) is 2. The molecule has 118 valence electrons. The maximum absolute atomic E-state index is 12.7. The standard InChI is InChI=1S/C14H17F3N2O.ClH/c1-9-4-5-11(14(15,16)17)7-12(9)19-13(20)10-3-2-6-18-8-10;/h4-5,7,10,18H,2-3,6,8H2,1H3,(H,19,20);1H. The van der Waals surface area contributed by atoms with Gasteiger partial charge in [0.1, 0.15) is 0 Å². The van der Waals surface area contributed by atoms with Gasteiger partial charge in [-0.2, -0.15) is 13.2 Å². The van der Waals surface area contributed by atoms with Crippen LogP contribution in [0.1, 0.15) is 24.0 Å². The van der Waals surface area contributed by atoms with Crippen molar-refractivity contribution in [2.75, 3.05) is 18.4 Å². The molecule has 21 heavy (non-hydrogen) atoms. The van der Waals surface area contributed by atoms with Crippen molar-refractivity contribution in [3.63, 3.8) is 0 Å². The molecule has 0 radical (unpaired) electrons. The van der Waals surface area contributed by atoms with Gasteiger partial charge in [-0.25, -0.2) is 0 Å². The van der Waals surface area contributed by atoms with E-state index in [0.717, 1.165) is 31.5 Å². The Hall–Kier alpha value is -1.27. The van der Waals surface area contributed by atoms with Crippen LogP contribution in [-0.4, -0.2) is 19.0 Å². The summed E-state index contributed by atoms with van der Waals surface area (Å²) in [6.07, 6.45) is -2.74. The molecule has 1 aromatic carbocycles. The average molecular weight is 323 g/mol. The van der Waals surface area contributed by atoms with Gasteiger partial charge < -0.3 is 10.6 Å². The van der Waals surface area contributed by atoms with E-state index in [1.807, 2.05) is 0 Å². The van der Waals surface area contributed by atoms with Crippen molar-refractivity contribution in [1.29, 1.82) is 0 Å². The molecular formula is C14H18ClF3N2O. The molecule has 3 nitrogen and oxygen atoms in total. The highest BCUT2D eigenvalue weighted by molar-refractivity contribution is 5.93. The monoisotopic (exact) mass is 322 g/mol. The van der Waals surface area contributed by atoms with E-state index >= 15 is 0 Å². The second kappa shape index (κ2) is 7.13. The Morgan fingerprint density at radius 2 is 2.10 bits per heavy atom. The van der Waals surface area contributed by atoms with E-state index in [1.165, 1.54) is 6.07 Å². The largest absolute Gasteiger partial charge is 0.416 e. The Balaban J connectivity index is 0.00000220. The van der Waals surface area contributed by atoms with Crippen LogP contribution in [0.4, 0.5) is 18.9 Å². The number of halogens is 4. The summed E-state index contributed by atoms with van der Waals surface area (Å²) in [4.78, 5) is 12.0. The highest BCUT2D eigenvalue weighted by Gasteiger charge is 2.31. The van der Waals surface area contributed by atoms with Crippen LogP contribution in [0, 0.1) is 12.8 Å². The molecule has 1 heterocycles. The smallest absolute Gasteiger partial charge is 0.326 e. The lowest BCUT2D eigenvalue weighted by atomic mass is 9.98. The highest BCUT2D eigenvalue weighted by atomic mass is 35.5. The lowest BCUT2D eigenvalue weighted by molar-refractivity contribution is -0.137. The summed E-state index contributed by atoms with van der Waals surface area (Å²) in [6.45, 7) is 3.13. The molecule has 1 amide bonds. The Kier molecular flexibility index (Phi) is 6.04. The highest BCUT2D eigenvalue weighted by Crippen LogP contribution is 2.32.